The Hall–Kier alpha value is -2.38. The van der Waals surface area contributed by atoms with Crippen LogP contribution in [0.3, 0.4) is 0 Å². The number of benzene rings is 2. The van der Waals surface area contributed by atoms with E-state index in [1.165, 1.54) is 0 Å². The lowest BCUT2D eigenvalue weighted by Gasteiger charge is -2.18. The maximum Gasteiger partial charge on any atom is 0.251 e. The van der Waals surface area contributed by atoms with Gasteiger partial charge in [-0.25, -0.2) is 13.1 Å². The Morgan fingerprint density at radius 1 is 1.07 bits per heavy atom. The number of methoxy groups -OCH3 is 1. The van der Waals surface area contributed by atoms with Crippen molar-refractivity contribution in [2.45, 2.75) is 25.8 Å². The summed E-state index contributed by atoms with van der Waals surface area (Å²) in [4.78, 5) is 12.5. The van der Waals surface area contributed by atoms with E-state index in [2.05, 4.69) is 10.0 Å². The Morgan fingerprint density at radius 3 is 2.22 bits per heavy atom. The fraction of sp³-hybridized carbons (Fsp3) is 0.350. The molecule has 1 atom stereocenters. The highest BCUT2D eigenvalue weighted by atomic mass is 32.2. The number of amides is 1. The van der Waals surface area contributed by atoms with E-state index in [1.807, 2.05) is 43.3 Å². The van der Waals surface area contributed by atoms with Gasteiger partial charge in [-0.1, -0.05) is 31.2 Å². The van der Waals surface area contributed by atoms with Crippen LogP contribution in [-0.2, 0) is 16.4 Å². The van der Waals surface area contributed by atoms with Crippen molar-refractivity contribution in [3.05, 3.63) is 65.2 Å². The van der Waals surface area contributed by atoms with Crippen LogP contribution in [0.4, 0.5) is 0 Å². The minimum absolute atomic E-state index is 0.0814. The van der Waals surface area contributed by atoms with Gasteiger partial charge in [0.25, 0.3) is 5.91 Å². The van der Waals surface area contributed by atoms with Gasteiger partial charge in [0.05, 0.1) is 19.4 Å². The molecule has 6 nitrogen and oxygen atoms in total. The molecule has 2 rings (SSSR count). The van der Waals surface area contributed by atoms with Crippen molar-refractivity contribution < 1.29 is 17.9 Å². The number of sulfonamides is 1. The monoisotopic (exact) mass is 390 g/mol. The molecule has 0 heterocycles. The van der Waals surface area contributed by atoms with Crippen LogP contribution in [0.15, 0.2) is 48.5 Å². The number of ether oxygens (including phenoxy) is 1. The SMILES string of the molecule is CC[C@@H](NC(=O)c1ccc(CCNS(C)(=O)=O)cc1)c1ccc(OC)cc1. The average molecular weight is 391 g/mol. The van der Waals surface area contributed by atoms with Gasteiger partial charge >= 0.3 is 0 Å². The lowest BCUT2D eigenvalue weighted by molar-refractivity contribution is 0.0935. The van der Waals surface area contributed by atoms with Crippen molar-refractivity contribution in [3.63, 3.8) is 0 Å². The van der Waals surface area contributed by atoms with Crippen LogP contribution in [0, 0.1) is 0 Å². The summed E-state index contributed by atoms with van der Waals surface area (Å²) in [6.07, 6.45) is 2.47. The van der Waals surface area contributed by atoms with Crippen LogP contribution in [0.5, 0.6) is 5.75 Å². The fourth-order valence-corrected chi connectivity index (χ4v) is 3.18. The van der Waals surface area contributed by atoms with E-state index >= 15 is 0 Å². The molecular formula is C20H26N2O4S. The van der Waals surface area contributed by atoms with Crippen LogP contribution < -0.4 is 14.8 Å². The maximum absolute atomic E-state index is 12.5. The largest absolute Gasteiger partial charge is 0.497 e. The summed E-state index contributed by atoms with van der Waals surface area (Å²) in [6.45, 7) is 2.35. The number of rotatable bonds is 9. The first-order valence-electron chi connectivity index (χ1n) is 8.80. The Balaban J connectivity index is 1.97. The summed E-state index contributed by atoms with van der Waals surface area (Å²) < 4.78 is 29.8. The van der Waals surface area contributed by atoms with E-state index in [-0.39, 0.29) is 11.9 Å². The van der Waals surface area contributed by atoms with Crippen LogP contribution in [0.2, 0.25) is 0 Å². The minimum atomic E-state index is -3.19. The predicted octanol–water partition coefficient (Wildman–Crippen LogP) is 2.67. The molecule has 2 N–H and O–H groups in total. The number of carbonyl (C=O) groups is 1. The van der Waals surface area contributed by atoms with Gasteiger partial charge in [0.1, 0.15) is 5.75 Å². The van der Waals surface area contributed by atoms with Gasteiger partial charge in [-0.15, -0.1) is 0 Å². The molecule has 0 bridgehead atoms. The van der Waals surface area contributed by atoms with E-state index < -0.39 is 10.0 Å². The molecule has 0 aliphatic carbocycles. The summed E-state index contributed by atoms with van der Waals surface area (Å²) in [6, 6.07) is 14.8. The average Bonchev–Trinajstić information content (AvgIpc) is 2.65. The first-order chi connectivity index (χ1) is 12.8. The normalized spacial score (nSPS) is 12.4. The Morgan fingerprint density at radius 2 is 1.70 bits per heavy atom. The van der Waals surface area contributed by atoms with Crippen molar-refractivity contribution >= 4 is 15.9 Å². The van der Waals surface area contributed by atoms with E-state index in [0.29, 0.717) is 18.5 Å². The second-order valence-corrected chi connectivity index (χ2v) is 8.15. The highest BCUT2D eigenvalue weighted by Gasteiger charge is 2.14. The van der Waals surface area contributed by atoms with E-state index in [4.69, 9.17) is 4.74 Å². The zero-order chi connectivity index (χ0) is 19.9. The molecule has 2 aromatic rings. The predicted molar refractivity (Wildman–Crippen MR) is 106 cm³/mol. The summed E-state index contributed by atoms with van der Waals surface area (Å²) in [5.74, 6) is 0.638. The van der Waals surface area contributed by atoms with Gasteiger partial charge in [0.2, 0.25) is 10.0 Å². The first kappa shape index (κ1) is 20.9. The molecule has 0 fully saturated rings. The van der Waals surface area contributed by atoms with Crippen molar-refractivity contribution in [3.8, 4) is 5.75 Å². The molecule has 27 heavy (non-hydrogen) atoms. The van der Waals surface area contributed by atoms with E-state index in [1.54, 1.807) is 19.2 Å². The summed E-state index contributed by atoms with van der Waals surface area (Å²) in [5, 5.41) is 3.05. The smallest absolute Gasteiger partial charge is 0.251 e. The van der Waals surface area contributed by atoms with Crippen molar-refractivity contribution in [1.29, 1.82) is 0 Å². The third kappa shape index (κ3) is 6.69. The molecule has 0 saturated carbocycles. The molecule has 0 radical (unpaired) electrons. The van der Waals surface area contributed by atoms with Crippen LogP contribution >= 0.6 is 0 Å². The molecule has 2 aromatic carbocycles. The molecule has 0 aliphatic heterocycles. The number of nitrogens with one attached hydrogen (secondary N) is 2. The van der Waals surface area contributed by atoms with Crippen LogP contribution in [-0.4, -0.2) is 34.2 Å². The first-order valence-corrected chi connectivity index (χ1v) is 10.7. The maximum atomic E-state index is 12.5. The highest BCUT2D eigenvalue weighted by Crippen LogP contribution is 2.20. The van der Waals surface area contributed by atoms with Crippen LogP contribution in [0.1, 0.15) is 40.9 Å². The summed E-state index contributed by atoms with van der Waals surface area (Å²) in [5.41, 5.74) is 2.56. The molecule has 146 valence electrons. The second-order valence-electron chi connectivity index (χ2n) is 6.32. The van der Waals surface area contributed by atoms with Gasteiger partial charge in [-0.3, -0.25) is 4.79 Å². The van der Waals surface area contributed by atoms with Crippen molar-refractivity contribution in [2.24, 2.45) is 0 Å². The topological polar surface area (TPSA) is 84.5 Å². The van der Waals surface area contributed by atoms with Gasteiger partial charge in [-0.05, 0) is 48.2 Å². The van der Waals surface area contributed by atoms with E-state index in [0.717, 1.165) is 29.6 Å². The Bertz CT molecular complexity index is 847. The van der Waals surface area contributed by atoms with Gasteiger partial charge in [0, 0.05) is 12.1 Å². The summed E-state index contributed by atoms with van der Waals surface area (Å²) in [7, 11) is -1.57. The van der Waals surface area contributed by atoms with Gasteiger partial charge in [-0.2, -0.15) is 0 Å². The van der Waals surface area contributed by atoms with Crippen molar-refractivity contribution in [2.75, 3.05) is 19.9 Å². The van der Waals surface area contributed by atoms with Gasteiger partial charge < -0.3 is 10.1 Å². The van der Waals surface area contributed by atoms with Crippen LogP contribution in [0.25, 0.3) is 0 Å². The molecule has 7 heteroatoms. The van der Waals surface area contributed by atoms with Crippen molar-refractivity contribution in [1.82, 2.24) is 10.0 Å². The lowest BCUT2D eigenvalue weighted by atomic mass is 10.0. The summed E-state index contributed by atoms with van der Waals surface area (Å²) >= 11 is 0. The second kappa shape index (κ2) is 9.53. The standard InChI is InChI=1S/C20H26N2O4S/c1-4-19(16-9-11-18(26-2)12-10-16)22-20(23)17-7-5-15(6-8-17)13-14-21-27(3,24)25/h5-12,19,21H,4,13-14H2,1-3H3,(H,22,23)/t19-/m1/s1. The van der Waals surface area contributed by atoms with Gasteiger partial charge in [0.15, 0.2) is 0 Å². The third-order valence-electron chi connectivity index (χ3n) is 4.23. The molecule has 1 amide bonds. The molecule has 0 aromatic heterocycles. The fourth-order valence-electron chi connectivity index (χ4n) is 2.70. The number of hydrogen-bond donors (Lipinski definition) is 2. The molecule has 0 aliphatic rings. The lowest BCUT2D eigenvalue weighted by Crippen LogP contribution is -2.28. The number of hydrogen-bond acceptors (Lipinski definition) is 4. The third-order valence-corrected chi connectivity index (χ3v) is 4.95. The van der Waals surface area contributed by atoms with E-state index in [9.17, 15) is 13.2 Å². The minimum Gasteiger partial charge on any atom is -0.497 e. The molecule has 0 spiro atoms. The zero-order valence-corrected chi connectivity index (χ0v) is 16.7. The highest BCUT2D eigenvalue weighted by molar-refractivity contribution is 7.88. The molecular weight excluding hydrogens is 364 g/mol. The quantitative estimate of drug-likeness (QED) is 0.689. The zero-order valence-electron chi connectivity index (χ0n) is 15.9. The Kier molecular flexibility index (Phi) is 7.38. The Labute approximate surface area is 161 Å². The number of carbonyl (C=O) groups excluding carboxylic acids is 1. The molecule has 0 saturated heterocycles. The molecule has 0 unspecified atom stereocenters.